The maximum Gasteiger partial charge on any atom is 0.211 e. The Morgan fingerprint density at radius 1 is 1.17 bits per heavy atom. The number of nitrogens with zero attached hydrogens (tertiary/aromatic N) is 2. The van der Waals surface area contributed by atoms with Crippen LogP contribution in [0.25, 0.3) is 11.0 Å². The van der Waals surface area contributed by atoms with E-state index >= 15 is 0 Å². The lowest BCUT2D eigenvalue weighted by Crippen LogP contribution is -2.25. The molecule has 0 aliphatic rings. The molecule has 96 valence electrons. The summed E-state index contributed by atoms with van der Waals surface area (Å²) in [5.41, 5.74) is 2.45. The summed E-state index contributed by atoms with van der Waals surface area (Å²) in [6.07, 6.45) is 3.86. The molecule has 0 radical (unpaired) electrons. The first kappa shape index (κ1) is 12.9. The normalized spacial score (nSPS) is 11.8. The molecule has 1 aromatic heterocycles. The maximum atomic E-state index is 11.5. The summed E-state index contributed by atoms with van der Waals surface area (Å²) in [7, 11) is -3.17. The monoisotopic (exact) mass is 265 g/mol. The van der Waals surface area contributed by atoms with Gasteiger partial charge in [0, 0.05) is 18.9 Å². The first-order valence-electron chi connectivity index (χ1n) is 5.78. The Morgan fingerprint density at radius 3 is 2.61 bits per heavy atom. The van der Waals surface area contributed by atoms with Gasteiger partial charge >= 0.3 is 0 Å². The zero-order chi connectivity index (χ0) is 13.0. The molecule has 2 rings (SSSR count). The second-order valence-electron chi connectivity index (χ2n) is 4.02. The standard InChI is InChI=1S/C12H15N3O2S/c1-2-7-18(16,17)15-9-10-3-4-11-12(8-10)14-6-5-13-11/h3-6,8,15H,2,7,9H2,1H3. The fraction of sp³-hybridized carbons (Fsp3) is 0.333. The fourth-order valence-corrected chi connectivity index (χ4v) is 2.72. The Morgan fingerprint density at radius 2 is 1.89 bits per heavy atom. The van der Waals surface area contributed by atoms with Crippen molar-refractivity contribution in [2.24, 2.45) is 0 Å². The van der Waals surface area contributed by atoms with Crippen LogP contribution in [-0.4, -0.2) is 24.1 Å². The van der Waals surface area contributed by atoms with E-state index in [0.717, 1.165) is 16.6 Å². The SMILES string of the molecule is CCCS(=O)(=O)NCc1ccc2nccnc2c1. The van der Waals surface area contributed by atoms with Gasteiger partial charge < -0.3 is 0 Å². The highest BCUT2D eigenvalue weighted by molar-refractivity contribution is 7.89. The Labute approximate surface area is 106 Å². The molecule has 0 fully saturated rings. The van der Waals surface area contributed by atoms with E-state index in [1.807, 2.05) is 25.1 Å². The molecular weight excluding hydrogens is 250 g/mol. The lowest BCUT2D eigenvalue weighted by Gasteiger charge is -2.06. The van der Waals surface area contributed by atoms with Gasteiger partial charge in [-0.15, -0.1) is 0 Å². The zero-order valence-electron chi connectivity index (χ0n) is 10.1. The molecule has 1 heterocycles. The molecule has 18 heavy (non-hydrogen) atoms. The lowest BCUT2D eigenvalue weighted by molar-refractivity contribution is 0.580. The van der Waals surface area contributed by atoms with Crippen molar-refractivity contribution in [1.82, 2.24) is 14.7 Å². The number of benzene rings is 1. The summed E-state index contributed by atoms with van der Waals surface area (Å²) < 4.78 is 25.6. The van der Waals surface area contributed by atoms with Crippen molar-refractivity contribution in [3.63, 3.8) is 0 Å². The van der Waals surface area contributed by atoms with Gasteiger partial charge in [-0.05, 0) is 24.1 Å². The summed E-state index contributed by atoms with van der Waals surface area (Å²) in [6, 6.07) is 5.54. The van der Waals surface area contributed by atoms with Crippen molar-refractivity contribution in [2.45, 2.75) is 19.9 Å². The van der Waals surface area contributed by atoms with E-state index in [2.05, 4.69) is 14.7 Å². The van der Waals surface area contributed by atoms with Crippen molar-refractivity contribution < 1.29 is 8.42 Å². The third-order valence-corrected chi connectivity index (χ3v) is 4.03. The molecule has 6 heteroatoms. The van der Waals surface area contributed by atoms with E-state index in [0.29, 0.717) is 6.42 Å². The summed E-state index contributed by atoms with van der Waals surface area (Å²) >= 11 is 0. The van der Waals surface area contributed by atoms with Crippen LogP contribution in [0.15, 0.2) is 30.6 Å². The summed E-state index contributed by atoms with van der Waals surface area (Å²) in [5.74, 6) is 0.153. The van der Waals surface area contributed by atoms with E-state index in [4.69, 9.17) is 0 Å². The third-order valence-electron chi connectivity index (χ3n) is 2.50. The van der Waals surface area contributed by atoms with Gasteiger partial charge in [-0.2, -0.15) is 0 Å². The number of fused-ring (bicyclic) bond motifs is 1. The van der Waals surface area contributed by atoms with Crippen molar-refractivity contribution in [1.29, 1.82) is 0 Å². The zero-order valence-corrected chi connectivity index (χ0v) is 10.9. The van der Waals surface area contributed by atoms with Crippen molar-refractivity contribution >= 4 is 21.1 Å². The second kappa shape index (κ2) is 5.41. The van der Waals surface area contributed by atoms with Crippen LogP contribution in [0.5, 0.6) is 0 Å². The van der Waals surface area contributed by atoms with Crippen molar-refractivity contribution in [3.8, 4) is 0 Å². The Bertz CT molecular complexity index is 641. The molecule has 0 atom stereocenters. The molecule has 0 aliphatic heterocycles. The van der Waals surface area contributed by atoms with E-state index in [9.17, 15) is 8.42 Å². The van der Waals surface area contributed by atoms with Gasteiger partial charge in [0.1, 0.15) is 0 Å². The van der Waals surface area contributed by atoms with Gasteiger partial charge in [-0.3, -0.25) is 9.97 Å². The quantitative estimate of drug-likeness (QED) is 0.888. The summed E-state index contributed by atoms with van der Waals surface area (Å²) in [4.78, 5) is 8.34. The predicted molar refractivity (Wildman–Crippen MR) is 70.5 cm³/mol. The van der Waals surface area contributed by atoms with Crippen molar-refractivity contribution in [3.05, 3.63) is 36.2 Å². The van der Waals surface area contributed by atoms with Crippen LogP contribution in [0.1, 0.15) is 18.9 Å². The summed E-state index contributed by atoms with van der Waals surface area (Å²) in [5, 5.41) is 0. The van der Waals surface area contributed by atoms with Crippen molar-refractivity contribution in [2.75, 3.05) is 5.75 Å². The van der Waals surface area contributed by atoms with Gasteiger partial charge in [0.25, 0.3) is 0 Å². The Balaban J connectivity index is 2.13. The molecule has 0 unspecified atom stereocenters. The van der Waals surface area contributed by atoms with E-state index in [-0.39, 0.29) is 12.3 Å². The summed E-state index contributed by atoms with van der Waals surface area (Å²) in [6.45, 7) is 2.12. The predicted octanol–water partition coefficient (Wildman–Crippen LogP) is 1.46. The van der Waals surface area contributed by atoms with E-state index in [1.54, 1.807) is 12.4 Å². The highest BCUT2D eigenvalue weighted by Crippen LogP contribution is 2.10. The van der Waals surface area contributed by atoms with Crippen LogP contribution in [-0.2, 0) is 16.6 Å². The van der Waals surface area contributed by atoms with Gasteiger partial charge in [-0.1, -0.05) is 13.0 Å². The van der Waals surface area contributed by atoms with Crippen LogP contribution in [0.2, 0.25) is 0 Å². The minimum atomic E-state index is -3.17. The molecule has 1 aromatic carbocycles. The average molecular weight is 265 g/mol. The molecular formula is C12H15N3O2S. The first-order valence-corrected chi connectivity index (χ1v) is 7.43. The average Bonchev–Trinajstić information content (AvgIpc) is 2.36. The molecule has 0 saturated carbocycles. The van der Waals surface area contributed by atoms with E-state index < -0.39 is 10.0 Å². The molecule has 0 bridgehead atoms. The third kappa shape index (κ3) is 3.24. The van der Waals surface area contributed by atoms with E-state index in [1.165, 1.54) is 0 Å². The van der Waals surface area contributed by atoms with Gasteiger partial charge in [0.15, 0.2) is 0 Å². The largest absolute Gasteiger partial charge is 0.253 e. The Hall–Kier alpha value is -1.53. The fourth-order valence-electron chi connectivity index (χ4n) is 1.65. The maximum absolute atomic E-state index is 11.5. The highest BCUT2D eigenvalue weighted by atomic mass is 32.2. The number of sulfonamides is 1. The molecule has 0 aliphatic carbocycles. The van der Waals surface area contributed by atoms with Crippen LogP contribution in [0.3, 0.4) is 0 Å². The van der Waals surface area contributed by atoms with Crippen LogP contribution in [0, 0.1) is 0 Å². The van der Waals surface area contributed by atoms with Crippen LogP contribution < -0.4 is 4.72 Å². The van der Waals surface area contributed by atoms with Crippen LogP contribution in [0.4, 0.5) is 0 Å². The minimum absolute atomic E-state index is 0.153. The lowest BCUT2D eigenvalue weighted by atomic mass is 10.2. The highest BCUT2D eigenvalue weighted by Gasteiger charge is 2.08. The smallest absolute Gasteiger partial charge is 0.211 e. The first-order chi connectivity index (χ1) is 8.61. The number of nitrogens with one attached hydrogen (secondary N) is 1. The molecule has 1 N–H and O–H groups in total. The Kier molecular flexibility index (Phi) is 3.88. The topological polar surface area (TPSA) is 72.0 Å². The van der Waals surface area contributed by atoms with Crippen LogP contribution >= 0.6 is 0 Å². The number of rotatable bonds is 5. The number of hydrogen-bond acceptors (Lipinski definition) is 4. The number of hydrogen-bond donors (Lipinski definition) is 1. The molecule has 0 saturated heterocycles. The number of aromatic nitrogens is 2. The van der Waals surface area contributed by atoms with Gasteiger partial charge in [0.05, 0.1) is 16.8 Å². The molecule has 0 spiro atoms. The molecule has 0 amide bonds. The van der Waals surface area contributed by atoms with Gasteiger partial charge in [-0.25, -0.2) is 13.1 Å². The second-order valence-corrected chi connectivity index (χ2v) is 5.95. The minimum Gasteiger partial charge on any atom is -0.253 e. The molecule has 5 nitrogen and oxygen atoms in total. The molecule has 2 aromatic rings. The van der Waals surface area contributed by atoms with Gasteiger partial charge in [0.2, 0.25) is 10.0 Å².